The highest BCUT2D eigenvalue weighted by atomic mass is 35.5. The summed E-state index contributed by atoms with van der Waals surface area (Å²) in [6, 6.07) is 13.0. The second-order valence-electron chi connectivity index (χ2n) is 7.87. The Morgan fingerprint density at radius 3 is 2.32 bits per heavy atom. The monoisotopic (exact) mass is 446 g/mol. The van der Waals surface area contributed by atoms with Crippen molar-refractivity contribution in [2.45, 2.75) is 39.3 Å². The number of carbonyl (C=O) groups is 1. The predicted molar refractivity (Wildman–Crippen MR) is 116 cm³/mol. The lowest BCUT2D eigenvalue weighted by atomic mass is 10.1. The van der Waals surface area contributed by atoms with Crippen LogP contribution in [0.4, 0.5) is 18.9 Å². The number of aromatic nitrogens is 1. The number of benzene rings is 2. The average Bonchev–Trinajstić information content (AvgIpc) is 2.92. The van der Waals surface area contributed by atoms with Gasteiger partial charge in [-0.3, -0.25) is 4.79 Å². The summed E-state index contributed by atoms with van der Waals surface area (Å²) in [6.07, 6.45) is -1.96. The molecule has 0 fully saturated rings. The molecule has 1 aliphatic rings. The molecule has 7 heteroatoms. The molecule has 2 aromatic carbocycles. The molecule has 1 amide bonds. The molecular weight excluding hydrogens is 425 g/mol. The number of hydrogen-bond donors (Lipinski definition) is 0. The Balaban J connectivity index is 1.72. The van der Waals surface area contributed by atoms with E-state index in [2.05, 4.69) is 22.8 Å². The highest BCUT2D eigenvalue weighted by Crippen LogP contribution is 2.35. The van der Waals surface area contributed by atoms with Crippen molar-refractivity contribution in [3.63, 3.8) is 0 Å². The molecule has 1 aromatic heterocycles. The number of alkyl halides is 3. The fraction of sp³-hybridized carbons (Fsp3) is 0.292. The minimum atomic E-state index is -4.51. The van der Waals surface area contributed by atoms with Crippen LogP contribution in [0.5, 0.6) is 0 Å². The quantitative estimate of drug-likeness (QED) is 0.427. The zero-order chi connectivity index (χ0) is 22.3. The number of hydrogen-bond acceptors (Lipinski definition) is 1. The summed E-state index contributed by atoms with van der Waals surface area (Å²) in [5.41, 5.74) is 4.30. The third kappa shape index (κ3) is 4.09. The summed E-state index contributed by atoms with van der Waals surface area (Å²) in [5, 5.41) is -0.194. The van der Waals surface area contributed by atoms with Gasteiger partial charge >= 0.3 is 6.18 Å². The van der Waals surface area contributed by atoms with Gasteiger partial charge in [0, 0.05) is 29.3 Å². The summed E-state index contributed by atoms with van der Waals surface area (Å²) in [4.78, 5) is 14.9. The molecule has 0 unspecified atom stereocenters. The van der Waals surface area contributed by atoms with Gasteiger partial charge in [0.2, 0.25) is 0 Å². The van der Waals surface area contributed by atoms with Gasteiger partial charge in [0.25, 0.3) is 5.91 Å². The van der Waals surface area contributed by atoms with Gasteiger partial charge in [0.05, 0.1) is 16.1 Å². The molecule has 0 radical (unpaired) electrons. The Morgan fingerprint density at radius 2 is 1.68 bits per heavy atom. The Labute approximate surface area is 184 Å². The molecular formula is C24H22ClF3N2O. The van der Waals surface area contributed by atoms with E-state index in [1.807, 2.05) is 26.0 Å². The minimum Gasteiger partial charge on any atom is -0.319 e. The number of amides is 1. The zero-order valence-corrected chi connectivity index (χ0v) is 18.0. The van der Waals surface area contributed by atoms with E-state index < -0.39 is 11.7 Å². The Hall–Kier alpha value is -2.73. The van der Waals surface area contributed by atoms with Crippen molar-refractivity contribution in [2.75, 3.05) is 11.4 Å². The summed E-state index contributed by atoms with van der Waals surface area (Å²) in [7, 11) is 0. The molecule has 3 nitrogen and oxygen atoms in total. The van der Waals surface area contributed by atoms with E-state index in [1.165, 1.54) is 6.07 Å². The molecule has 0 saturated carbocycles. The number of halogens is 4. The number of anilines is 1. The first kappa shape index (κ1) is 21.5. The molecule has 2 heterocycles. The maximum absolute atomic E-state index is 13.3. The van der Waals surface area contributed by atoms with Crippen LogP contribution in [0.25, 0.3) is 5.69 Å². The number of rotatable bonds is 2. The Morgan fingerprint density at radius 1 is 0.968 bits per heavy atom. The highest BCUT2D eigenvalue weighted by Gasteiger charge is 2.32. The molecule has 162 valence electrons. The van der Waals surface area contributed by atoms with E-state index in [4.69, 9.17) is 11.6 Å². The normalized spacial score (nSPS) is 14.3. The standard InChI is InChI=1S/C24H22ClF3N2O/c1-15-6-7-16(2)30(15)19-9-11-22-17(13-19)5-3-4-12-29(22)23(31)20-10-8-18(14-21(20)25)24(26,27)28/h6-11,13-14H,3-5,12H2,1-2H3. The molecule has 1 aliphatic heterocycles. The van der Waals surface area contributed by atoms with Crippen LogP contribution in [0, 0.1) is 13.8 Å². The summed E-state index contributed by atoms with van der Waals surface area (Å²) in [5.74, 6) is -0.386. The number of carbonyl (C=O) groups excluding carboxylic acids is 1. The second kappa shape index (κ2) is 8.08. The van der Waals surface area contributed by atoms with Crippen LogP contribution in [0.3, 0.4) is 0 Å². The van der Waals surface area contributed by atoms with Gasteiger partial charge in [0.15, 0.2) is 0 Å². The largest absolute Gasteiger partial charge is 0.416 e. The van der Waals surface area contributed by atoms with E-state index >= 15 is 0 Å². The highest BCUT2D eigenvalue weighted by molar-refractivity contribution is 6.34. The van der Waals surface area contributed by atoms with Crippen molar-refractivity contribution in [2.24, 2.45) is 0 Å². The molecule has 0 aliphatic carbocycles. The average molecular weight is 447 g/mol. The van der Waals surface area contributed by atoms with E-state index in [1.54, 1.807) is 4.90 Å². The van der Waals surface area contributed by atoms with Crippen molar-refractivity contribution in [3.05, 3.63) is 81.6 Å². The van der Waals surface area contributed by atoms with Crippen LogP contribution in [-0.4, -0.2) is 17.0 Å². The molecule has 0 saturated heterocycles. The molecule has 0 bridgehead atoms. The van der Waals surface area contributed by atoms with Crippen LogP contribution >= 0.6 is 11.6 Å². The van der Waals surface area contributed by atoms with Gasteiger partial charge in [-0.2, -0.15) is 13.2 Å². The van der Waals surface area contributed by atoms with E-state index in [0.717, 1.165) is 59.7 Å². The topological polar surface area (TPSA) is 25.2 Å². The number of nitrogens with zero attached hydrogens (tertiary/aromatic N) is 2. The van der Waals surface area contributed by atoms with Crippen molar-refractivity contribution in [3.8, 4) is 5.69 Å². The predicted octanol–water partition coefficient (Wildman–Crippen LogP) is 6.75. The number of aryl methyl sites for hydroxylation is 3. The van der Waals surface area contributed by atoms with Crippen molar-refractivity contribution in [1.82, 2.24) is 4.57 Å². The summed E-state index contributed by atoms with van der Waals surface area (Å²) in [6.45, 7) is 4.58. The van der Waals surface area contributed by atoms with Crippen molar-refractivity contribution < 1.29 is 18.0 Å². The van der Waals surface area contributed by atoms with Crippen molar-refractivity contribution in [1.29, 1.82) is 0 Å². The molecule has 0 atom stereocenters. The minimum absolute atomic E-state index is 0.0729. The first-order valence-corrected chi connectivity index (χ1v) is 10.5. The van der Waals surface area contributed by atoms with Crippen LogP contribution in [0.2, 0.25) is 5.02 Å². The van der Waals surface area contributed by atoms with Gasteiger partial charge in [-0.1, -0.05) is 11.6 Å². The first-order valence-electron chi connectivity index (χ1n) is 10.1. The van der Waals surface area contributed by atoms with E-state index in [0.29, 0.717) is 6.54 Å². The smallest absolute Gasteiger partial charge is 0.319 e. The number of fused-ring (bicyclic) bond motifs is 1. The molecule has 0 N–H and O–H groups in total. The summed E-state index contributed by atoms with van der Waals surface area (Å²) >= 11 is 6.09. The molecule has 0 spiro atoms. The Bertz CT molecular complexity index is 1130. The second-order valence-corrected chi connectivity index (χ2v) is 8.28. The lowest BCUT2D eigenvalue weighted by Gasteiger charge is -2.24. The lowest BCUT2D eigenvalue weighted by molar-refractivity contribution is -0.137. The van der Waals surface area contributed by atoms with E-state index in [9.17, 15) is 18.0 Å². The lowest BCUT2D eigenvalue weighted by Crippen LogP contribution is -2.32. The Kier molecular flexibility index (Phi) is 5.60. The van der Waals surface area contributed by atoms with Crippen LogP contribution in [-0.2, 0) is 12.6 Å². The van der Waals surface area contributed by atoms with Gasteiger partial charge < -0.3 is 9.47 Å². The van der Waals surface area contributed by atoms with Crippen molar-refractivity contribution >= 4 is 23.2 Å². The fourth-order valence-electron chi connectivity index (χ4n) is 4.18. The van der Waals surface area contributed by atoms with Gasteiger partial charge in [-0.05, 0) is 87.2 Å². The third-order valence-electron chi connectivity index (χ3n) is 5.73. The first-order chi connectivity index (χ1) is 14.7. The van der Waals surface area contributed by atoms with Gasteiger partial charge in [-0.25, -0.2) is 0 Å². The zero-order valence-electron chi connectivity index (χ0n) is 17.3. The van der Waals surface area contributed by atoms with Crippen LogP contribution in [0.15, 0.2) is 48.5 Å². The summed E-state index contributed by atoms with van der Waals surface area (Å²) < 4.78 is 41.0. The van der Waals surface area contributed by atoms with E-state index in [-0.39, 0.29) is 16.5 Å². The van der Waals surface area contributed by atoms with Crippen LogP contribution in [0.1, 0.15) is 45.7 Å². The fourth-order valence-corrected chi connectivity index (χ4v) is 4.44. The van der Waals surface area contributed by atoms with Crippen LogP contribution < -0.4 is 4.90 Å². The molecule has 31 heavy (non-hydrogen) atoms. The SMILES string of the molecule is Cc1ccc(C)n1-c1ccc2c(c1)CCCCN2C(=O)c1ccc(C(F)(F)F)cc1Cl. The van der Waals surface area contributed by atoms with Gasteiger partial charge in [-0.15, -0.1) is 0 Å². The molecule has 3 aromatic rings. The molecule has 4 rings (SSSR count). The maximum Gasteiger partial charge on any atom is 0.416 e. The maximum atomic E-state index is 13.3. The third-order valence-corrected chi connectivity index (χ3v) is 6.05. The van der Waals surface area contributed by atoms with Gasteiger partial charge in [0.1, 0.15) is 0 Å².